The Morgan fingerprint density at radius 3 is 2.56 bits per heavy atom. The standard InChI is InChI=1S/C12H11BrN2O/c1-15(2)8-9(7-14)12(16)10-5-3-4-6-11(10)13/h3-6,8H,1-2H3/b9-8+. The largest absolute Gasteiger partial charge is 0.382 e. The summed E-state index contributed by atoms with van der Waals surface area (Å²) in [5, 5.41) is 8.92. The highest BCUT2D eigenvalue weighted by Gasteiger charge is 2.14. The molecule has 0 fully saturated rings. The molecule has 0 aliphatic carbocycles. The zero-order chi connectivity index (χ0) is 12.1. The van der Waals surface area contributed by atoms with Crippen LogP contribution in [0, 0.1) is 11.3 Å². The van der Waals surface area contributed by atoms with Gasteiger partial charge in [-0.05, 0) is 12.1 Å². The predicted molar refractivity (Wildman–Crippen MR) is 65.9 cm³/mol. The highest BCUT2D eigenvalue weighted by molar-refractivity contribution is 9.10. The van der Waals surface area contributed by atoms with Crippen molar-refractivity contribution in [3.63, 3.8) is 0 Å². The van der Waals surface area contributed by atoms with E-state index in [-0.39, 0.29) is 11.4 Å². The second-order valence-electron chi connectivity index (χ2n) is 3.43. The molecule has 1 rings (SSSR count). The average molecular weight is 279 g/mol. The summed E-state index contributed by atoms with van der Waals surface area (Å²) in [6.07, 6.45) is 1.52. The highest BCUT2D eigenvalue weighted by atomic mass is 79.9. The molecule has 3 nitrogen and oxygen atoms in total. The van der Waals surface area contributed by atoms with Crippen LogP contribution in [0.5, 0.6) is 0 Å². The summed E-state index contributed by atoms with van der Waals surface area (Å²) in [5.74, 6) is -0.274. The molecule has 4 heteroatoms. The van der Waals surface area contributed by atoms with Gasteiger partial charge in [-0.2, -0.15) is 5.26 Å². The normalized spacial score (nSPS) is 10.8. The summed E-state index contributed by atoms with van der Waals surface area (Å²) in [6, 6.07) is 8.96. The molecule has 0 aliphatic rings. The van der Waals surface area contributed by atoms with Gasteiger partial charge in [0.15, 0.2) is 0 Å². The maximum absolute atomic E-state index is 12.0. The molecule has 16 heavy (non-hydrogen) atoms. The van der Waals surface area contributed by atoms with E-state index in [9.17, 15) is 4.79 Å². The molecule has 0 atom stereocenters. The molecule has 1 aromatic carbocycles. The molecule has 0 aliphatic heterocycles. The van der Waals surface area contributed by atoms with Gasteiger partial charge in [-0.3, -0.25) is 4.79 Å². The number of allylic oxidation sites excluding steroid dienone is 1. The minimum Gasteiger partial charge on any atom is -0.382 e. The van der Waals surface area contributed by atoms with Crippen LogP contribution < -0.4 is 0 Å². The van der Waals surface area contributed by atoms with Crippen LogP contribution in [0.3, 0.4) is 0 Å². The molecule has 0 amide bonds. The molecule has 1 aromatic rings. The Hall–Kier alpha value is -1.60. The number of nitriles is 1. The van der Waals surface area contributed by atoms with Gasteiger partial charge in [0, 0.05) is 30.3 Å². The maximum atomic E-state index is 12.0. The van der Waals surface area contributed by atoms with E-state index in [1.807, 2.05) is 12.1 Å². The molecular formula is C12H11BrN2O. The summed E-state index contributed by atoms with van der Waals surface area (Å²) in [4.78, 5) is 13.7. The summed E-state index contributed by atoms with van der Waals surface area (Å²) in [7, 11) is 3.54. The van der Waals surface area contributed by atoms with Crippen LogP contribution in [-0.4, -0.2) is 24.8 Å². The van der Waals surface area contributed by atoms with Crippen molar-refractivity contribution in [2.24, 2.45) is 0 Å². The molecule has 0 heterocycles. The van der Waals surface area contributed by atoms with Crippen molar-refractivity contribution in [3.05, 3.63) is 46.1 Å². The van der Waals surface area contributed by atoms with E-state index in [0.717, 1.165) is 0 Å². The Bertz CT molecular complexity index is 472. The van der Waals surface area contributed by atoms with E-state index in [1.165, 1.54) is 6.20 Å². The van der Waals surface area contributed by atoms with Crippen molar-refractivity contribution >= 4 is 21.7 Å². The molecule has 0 saturated carbocycles. The van der Waals surface area contributed by atoms with Crippen LogP contribution in [0.4, 0.5) is 0 Å². The van der Waals surface area contributed by atoms with Crippen LogP contribution in [0.2, 0.25) is 0 Å². The van der Waals surface area contributed by atoms with E-state index < -0.39 is 0 Å². The van der Waals surface area contributed by atoms with Crippen molar-refractivity contribution in [3.8, 4) is 6.07 Å². The summed E-state index contributed by atoms with van der Waals surface area (Å²) < 4.78 is 0.694. The monoisotopic (exact) mass is 278 g/mol. The third kappa shape index (κ3) is 2.94. The first kappa shape index (κ1) is 12.5. The number of hydrogen-bond donors (Lipinski definition) is 0. The topological polar surface area (TPSA) is 44.1 Å². The summed E-state index contributed by atoms with van der Waals surface area (Å²) in [6.45, 7) is 0. The van der Waals surface area contributed by atoms with Crippen molar-refractivity contribution < 1.29 is 4.79 Å². The first-order valence-corrected chi connectivity index (χ1v) is 5.43. The minimum atomic E-state index is -0.274. The molecule has 82 valence electrons. The van der Waals surface area contributed by atoms with Crippen LogP contribution in [0.25, 0.3) is 0 Å². The van der Waals surface area contributed by atoms with Crippen molar-refractivity contribution in [2.75, 3.05) is 14.1 Å². The number of nitrogens with zero attached hydrogens (tertiary/aromatic N) is 2. The Morgan fingerprint density at radius 1 is 1.44 bits per heavy atom. The number of carbonyl (C=O) groups is 1. The zero-order valence-corrected chi connectivity index (χ0v) is 10.7. The quantitative estimate of drug-likeness (QED) is 0.485. The van der Waals surface area contributed by atoms with Gasteiger partial charge in [0.25, 0.3) is 0 Å². The van der Waals surface area contributed by atoms with Gasteiger partial charge in [-0.15, -0.1) is 0 Å². The molecular weight excluding hydrogens is 268 g/mol. The van der Waals surface area contributed by atoms with Crippen molar-refractivity contribution in [1.82, 2.24) is 4.90 Å². The fraction of sp³-hybridized carbons (Fsp3) is 0.167. The number of carbonyl (C=O) groups excluding carboxylic acids is 1. The molecule has 0 saturated heterocycles. The van der Waals surface area contributed by atoms with Crippen LogP contribution in [0.15, 0.2) is 40.5 Å². The Kier molecular flexibility index (Phi) is 4.27. The lowest BCUT2D eigenvalue weighted by molar-refractivity contribution is 0.103. The van der Waals surface area contributed by atoms with Crippen molar-refractivity contribution in [1.29, 1.82) is 5.26 Å². The third-order valence-corrected chi connectivity index (χ3v) is 2.56. The lowest BCUT2D eigenvalue weighted by Gasteiger charge is -2.06. The van der Waals surface area contributed by atoms with E-state index >= 15 is 0 Å². The van der Waals surface area contributed by atoms with Gasteiger partial charge < -0.3 is 4.90 Å². The van der Waals surface area contributed by atoms with Gasteiger partial charge in [0.05, 0.1) is 0 Å². The Balaban J connectivity index is 3.12. The molecule has 0 radical (unpaired) electrons. The number of benzene rings is 1. The lowest BCUT2D eigenvalue weighted by atomic mass is 10.1. The second kappa shape index (κ2) is 5.47. The van der Waals surface area contributed by atoms with Crippen molar-refractivity contribution in [2.45, 2.75) is 0 Å². The van der Waals surface area contributed by atoms with Gasteiger partial charge in [0.2, 0.25) is 5.78 Å². The number of ketones is 1. The summed E-state index contributed by atoms with van der Waals surface area (Å²) >= 11 is 3.29. The van der Waals surface area contributed by atoms with Gasteiger partial charge in [0.1, 0.15) is 11.6 Å². The SMILES string of the molecule is CN(C)/C=C(\C#N)C(=O)c1ccccc1Br. The first-order chi connectivity index (χ1) is 7.56. The number of Topliss-reactive ketones (excluding diaryl/α,β-unsaturated/α-hetero) is 1. The van der Waals surface area contributed by atoms with E-state index in [0.29, 0.717) is 10.0 Å². The predicted octanol–water partition coefficient (Wildman–Crippen LogP) is 2.60. The van der Waals surface area contributed by atoms with Gasteiger partial charge in [-0.25, -0.2) is 0 Å². The van der Waals surface area contributed by atoms with Crippen LogP contribution in [-0.2, 0) is 0 Å². The van der Waals surface area contributed by atoms with Gasteiger partial charge >= 0.3 is 0 Å². The highest BCUT2D eigenvalue weighted by Crippen LogP contribution is 2.19. The van der Waals surface area contributed by atoms with Crippen LogP contribution >= 0.6 is 15.9 Å². The fourth-order valence-corrected chi connectivity index (χ4v) is 1.65. The second-order valence-corrected chi connectivity index (χ2v) is 4.28. The van der Waals surface area contributed by atoms with E-state index in [1.54, 1.807) is 37.2 Å². The smallest absolute Gasteiger partial charge is 0.206 e. The number of halogens is 1. The van der Waals surface area contributed by atoms with E-state index in [4.69, 9.17) is 5.26 Å². The summed E-state index contributed by atoms with van der Waals surface area (Å²) in [5.41, 5.74) is 0.619. The maximum Gasteiger partial charge on any atom is 0.206 e. The number of hydrogen-bond acceptors (Lipinski definition) is 3. The molecule has 0 N–H and O–H groups in total. The lowest BCUT2D eigenvalue weighted by Crippen LogP contribution is -2.09. The molecule has 0 unspecified atom stereocenters. The van der Waals surface area contributed by atoms with Gasteiger partial charge in [-0.1, -0.05) is 28.1 Å². The molecule has 0 spiro atoms. The van der Waals surface area contributed by atoms with E-state index in [2.05, 4.69) is 15.9 Å². The third-order valence-electron chi connectivity index (χ3n) is 1.87. The minimum absolute atomic E-state index is 0.122. The number of rotatable bonds is 3. The Morgan fingerprint density at radius 2 is 2.06 bits per heavy atom. The average Bonchev–Trinajstić information content (AvgIpc) is 2.25. The van der Waals surface area contributed by atoms with Crippen LogP contribution in [0.1, 0.15) is 10.4 Å². The zero-order valence-electron chi connectivity index (χ0n) is 9.07. The fourth-order valence-electron chi connectivity index (χ4n) is 1.19. The molecule has 0 bridgehead atoms. The first-order valence-electron chi connectivity index (χ1n) is 4.64. The Labute approximate surface area is 103 Å². The molecule has 0 aromatic heterocycles.